The van der Waals surface area contributed by atoms with Gasteiger partial charge in [-0.3, -0.25) is 0 Å². The Kier molecular flexibility index (Phi) is 3.15. The average molecular weight is 299 g/mol. The topological polar surface area (TPSA) is 76.1 Å². The highest BCUT2D eigenvalue weighted by atomic mass is 32.2. The van der Waals surface area contributed by atoms with Crippen LogP contribution in [0.25, 0.3) is 0 Å². The number of hydrogen-bond acceptors (Lipinski definition) is 5. The van der Waals surface area contributed by atoms with Crippen molar-refractivity contribution in [3.63, 3.8) is 0 Å². The van der Waals surface area contributed by atoms with Gasteiger partial charge in [-0.15, -0.1) is 0 Å². The van der Waals surface area contributed by atoms with Crippen molar-refractivity contribution >= 4 is 10.0 Å². The number of ether oxygens (including phenoxy) is 2. The van der Waals surface area contributed by atoms with Crippen LogP contribution in [-0.4, -0.2) is 49.7 Å². The molecule has 1 atom stereocenters. The van der Waals surface area contributed by atoms with Crippen LogP contribution in [0.4, 0.5) is 0 Å². The van der Waals surface area contributed by atoms with E-state index in [9.17, 15) is 13.5 Å². The van der Waals surface area contributed by atoms with Crippen molar-refractivity contribution in [2.75, 3.05) is 26.3 Å². The van der Waals surface area contributed by atoms with Crippen LogP contribution in [0.15, 0.2) is 23.1 Å². The van der Waals surface area contributed by atoms with Crippen LogP contribution in [0, 0.1) is 0 Å². The Morgan fingerprint density at radius 2 is 1.95 bits per heavy atom. The lowest BCUT2D eigenvalue weighted by Crippen LogP contribution is -2.34. The van der Waals surface area contributed by atoms with E-state index < -0.39 is 15.6 Å². The Balaban J connectivity index is 1.92. The standard InChI is InChI=1S/C13H17NO5S/c1-13(15)4-5-14(9-13)20(16,17)10-2-3-11-12(8-10)19-7-6-18-11/h2-3,8,15H,4-7,9H2,1H3. The summed E-state index contributed by atoms with van der Waals surface area (Å²) in [6.45, 7) is 2.96. The number of sulfonamides is 1. The van der Waals surface area contributed by atoms with E-state index in [1.54, 1.807) is 13.0 Å². The number of nitrogens with zero attached hydrogens (tertiary/aromatic N) is 1. The van der Waals surface area contributed by atoms with Gasteiger partial charge in [-0.2, -0.15) is 4.31 Å². The van der Waals surface area contributed by atoms with Crippen molar-refractivity contribution in [3.8, 4) is 11.5 Å². The molecule has 0 saturated carbocycles. The van der Waals surface area contributed by atoms with Crippen molar-refractivity contribution in [1.82, 2.24) is 4.31 Å². The van der Waals surface area contributed by atoms with Crippen LogP contribution in [0.2, 0.25) is 0 Å². The van der Waals surface area contributed by atoms with E-state index in [1.165, 1.54) is 16.4 Å². The predicted molar refractivity (Wildman–Crippen MR) is 71.4 cm³/mol. The molecule has 1 fully saturated rings. The van der Waals surface area contributed by atoms with Crippen LogP contribution in [0.3, 0.4) is 0 Å². The van der Waals surface area contributed by atoms with Gasteiger partial charge in [-0.05, 0) is 25.5 Å². The molecular weight excluding hydrogens is 282 g/mol. The Labute approximate surface area is 118 Å². The highest BCUT2D eigenvalue weighted by Gasteiger charge is 2.38. The molecule has 1 aromatic rings. The first kappa shape index (κ1) is 13.7. The van der Waals surface area contributed by atoms with Gasteiger partial charge in [0.25, 0.3) is 0 Å². The summed E-state index contributed by atoms with van der Waals surface area (Å²) < 4.78 is 37.1. The molecule has 110 valence electrons. The smallest absolute Gasteiger partial charge is 0.243 e. The van der Waals surface area contributed by atoms with E-state index in [1.807, 2.05) is 0 Å². The van der Waals surface area contributed by atoms with Crippen LogP contribution in [0.5, 0.6) is 11.5 Å². The number of β-amino-alcohol motifs (C(OH)–C–C–N with tert-alkyl or cyclic N) is 1. The van der Waals surface area contributed by atoms with E-state index in [0.29, 0.717) is 37.7 Å². The molecule has 0 bridgehead atoms. The molecule has 0 spiro atoms. The lowest BCUT2D eigenvalue weighted by molar-refractivity contribution is 0.0762. The molecular formula is C13H17NO5S. The molecule has 0 aromatic heterocycles. The van der Waals surface area contributed by atoms with Crippen LogP contribution < -0.4 is 9.47 Å². The van der Waals surface area contributed by atoms with Gasteiger partial charge >= 0.3 is 0 Å². The highest BCUT2D eigenvalue weighted by molar-refractivity contribution is 7.89. The Hall–Kier alpha value is -1.31. The third-order valence-corrected chi connectivity index (χ3v) is 5.41. The van der Waals surface area contributed by atoms with Crippen LogP contribution in [-0.2, 0) is 10.0 Å². The van der Waals surface area contributed by atoms with Crippen molar-refractivity contribution in [2.24, 2.45) is 0 Å². The molecule has 7 heteroatoms. The molecule has 6 nitrogen and oxygen atoms in total. The zero-order valence-electron chi connectivity index (χ0n) is 11.2. The first-order valence-electron chi connectivity index (χ1n) is 6.51. The van der Waals surface area contributed by atoms with Crippen molar-refractivity contribution in [3.05, 3.63) is 18.2 Å². The summed E-state index contributed by atoms with van der Waals surface area (Å²) in [6, 6.07) is 4.60. The minimum atomic E-state index is -3.61. The van der Waals surface area contributed by atoms with Crippen LogP contribution >= 0.6 is 0 Å². The summed E-state index contributed by atoms with van der Waals surface area (Å²) in [5.41, 5.74) is -0.957. The minimum Gasteiger partial charge on any atom is -0.486 e. The number of hydrogen-bond donors (Lipinski definition) is 1. The largest absolute Gasteiger partial charge is 0.486 e. The van der Waals surface area contributed by atoms with Gasteiger partial charge in [0, 0.05) is 19.2 Å². The quantitative estimate of drug-likeness (QED) is 0.865. The van der Waals surface area contributed by atoms with Crippen molar-refractivity contribution < 1.29 is 23.0 Å². The number of benzene rings is 1. The number of fused-ring (bicyclic) bond motifs is 1. The maximum absolute atomic E-state index is 12.5. The molecule has 20 heavy (non-hydrogen) atoms. The lowest BCUT2D eigenvalue weighted by atomic mass is 10.1. The second-order valence-electron chi connectivity index (χ2n) is 5.39. The molecule has 2 aliphatic heterocycles. The van der Waals surface area contributed by atoms with Crippen LogP contribution in [0.1, 0.15) is 13.3 Å². The van der Waals surface area contributed by atoms with Crippen molar-refractivity contribution in [2.45, 2.75) is 23.8 Å². The fourth-order valence-corrected chi connectivity index (χ4v) is 4.02. The monoisotopic (exact) mass is 299 g/mol. The summed E-state index contributed by atoms with van der Waals surface area (Å²) in [6.07, 6.45) is 0.441. The molecule has 3 rings (SSSR count). The average Bonchev–Trinajstić information content (AvgIpc) is 2.79. The Morgan fingerprint density at radius 1 is 1.25 bits per heavy atom. The molecule has 0 aliphatic carbocycles. The molecule has 2 aliphatic rings. The van der Waals surface area contributed by atoms with E-state index >= 15 is 0 Å². The zero-order valence-corrected chi connectivity index (χ0v) is 12.0. The zero-order chi connectivity index (χ0) is 14.4. The van der Waals surface area contributed by atoms with Crippen molar-refractivity contribution in [1.29, 1.82) is 0 Å². The number of rotatable bonds is 2. The third kappa shape index (κ3) is 2.36. The SMILES string of the molecule is CC1(O)CCN(S(=O)(=O)c2ccc3c(c2)OCCO3)C1. The molecule has 1 unspecified atom stereocenters. The van der Waals surface area contributed by atoms with Gasteiger partial charge in [0.15, 0.2) is 11.5 Å². The van der Waals surface area contributed by atoms with Gasteiger partial charge in [0.1, 0.15) is 13.2 Å². The predicted octanol–water partition coefficient (Wildman–Crippen LogP) is 0.603. The molecule has 1 aromatic carbocycles. The van der Waals surface area contributed by atoms with Gasteiger partial charge < -0.3 is 14.6 Å². The third-order valence-electron chi connectivity index (χ3n) is 3.57. The molecule has 0 radical (unpaired) electrons. The van der Waals surface area contributed by atoms with E-state index in [2.05, 4.69) is 0 Å². The summed E-state index contributed by atoms with van der Waals surface area (Å²) in [7, 11) is -3.61. The second kappa shape index (κ2) is 4.61. The molecule has 2 heterocycles. The summed E-state index contributed by atoms with van der Waals surface area (Å²) in [4.78, 5) is 0.166. The van der Waals surface area contributed by atoms with Gasteiger partial charge in [0.05, 0.1) is 10.5 Å². The summed E-state index contributed by atoms with van der Waals surface area (Å²) in [5.74, 6) is 1.01. The molecule has 1 saturated heterocycles. The lowest BCUT2D eigenvalue weighted by Gasteiger charge is -2.21. The normalized spacial score (nSPS) is 26.7. The fraction of sp³-hybridized carbons (Fsp3) is 0.538. The summed E-state index contributed by atoms with van der Waals surface area (Å²) in [5, 5.41) is 9.92. The highest BCUT2D eigenvalue weighted by Crippen LogP contribution is 2.34. The first-order valence-corrected chi connectivity index (χ1v) is 7.95. The maximum Gasteiger partial charge on any atom is 0.243 e. The molecule has 0 amide bonds. The Morgan fingerprint density at radius 3 is 2.60 bits per heavy atom. The fourth-order valence-electron chi connectivity index (χ4n) is 2.44. The second-order valence-corrected chi connectivity index (χ2v) is 7.33. The van der Waals surface area contributed by atoms with Gasteiger partial charge in [0.2, 0.25) is 10.0 Å². The maximum atomic E-state index is 12.5. The summed E-state index contributed by atoms with van der Waals surface area (Å²) >= 11 is 0. The first-order chi connectivity index (χ1) is 9.38. The van der Waals surface area contributed by atoms with E-state index in [4.69, 9.17) is 9.47 Å². The Bertz CT molecular complexity index is 626. The molecule has 1 N–H and O–H groups in total. The van der Waals surface area contributed by atoms with E-state index in [0.717, 1.165) is 0 Å². The number of aliphatic hydroxyl groups is 1. The minimum absolute atomic E-state index is 0.115. The van der Waals surface area contributed by atoms with Gasteiger partial charge in [-0.25, -0.2) is 8.42 Å². The van der Waals surface area contributed by atoms with E-state index in [-0.39, 0.29) is 11.4 Å². The van der Waals surface area contributed by atoms with Gasteiger partial charge in [-0.1, -0.05) is 0 Å².